The van der Waals surface area contributed by atoms with Crippen LogP contribution in [0.2, 0.25) is 0 Å². The first-order chi connectivity index (χ1) is 9.12. The van der Waals surface area contributed by atoms with Crippen LogP contribution in [0, 0.1) is 6.92 Å². The molecule has 3 heteroatoms. The Morgan fingerprint density at radius 2 is 2.21 bits per heavy atom. The molecule has 104 valence electrons. The summed E-state index contributed by atoms with van der Waals surface area (Å²) < 4.78 is 11.8. The van der Waals surface area contributed by atoms with Crippen molar-refractivity contribution in [1.29, 1.82) is 0 Å². The highest BCUT2D eigenvalue weighted by Gasteiger charge is 2.44. The fraction of sp³-hybridized carbons (Fsp3) is 0.625. The topological polar surface area (TPSA) is 38.7 Å². The van der Waals surface area contributed by atoms with Gasteiger partial charge in [0.15, 0.2) is 0 Å². The highest BCUT2D eigenvalue weighted by Crippen LogP contribution is 2.46. The zero-order valence-electron chi connectivity index (χ0n) is 11.7. The molecule has 1 heterocycles. The van der Waals surface area contributed by atoms with Crippen LogP contribution in [0.15, 0.2) is 18.2 Å². The van der Waals surface area contributed by atoms with Crippen molar-refractivity contribution in [2.45, 2.75) is 56.8 Å². The minimum absolute atomic E-state index is 0.236. The Morgan fingerprint density at radius 3 is 3.00 bits per heavy atom. The van der Waals surface area contributed by atoms with Crippen molar-refractivity contribution in [2.75, 3.05) is 7.11 Å². The smallest absolute Gasteiger partial charge is 0.125 e. The highest BCUT2D eigenvalue weighted by atomic mass is 16.5. The maximum Gasteiger partial charge on any atom is 0.125 e. The zero-order chi connectivity index (χ0) is 13.5. The minimum atomic E-state index is -0.417. The molecule has 0 aromatic heterocycles. The van der Waals surface area contributed by atoms with E-state index in [1.54, 1.807) is 7.11 Å². The molecule has 0 saturated heterocycles. The number of aryl methyl sites for hydroxylation is 1. The lowest BCUT2D eigenvalue weighted by Gasteiger charge is -2.45. The molecule has 1 N–H and O–H groups in total. The summed E-state index contributed by atoms with van der Waals surface area (Å²) >= 11 is 0. The third-order valence-corrected chi connectivity index (χ3v) is 4.51. The normalized spacial score (nSPS) is 33.8. The molecule has 0 radical (unpaired) electrons. The van der Waals surface area contributed by atoms with Crippen molar-refractivity contribution in [3.05, 3.63) is 29.3 Å². The van der Waals surface area contributed by atoms with Gasteiger partial charge in [-0.05, 0) is 38.3 Å². The van der Waals surface area contributed by atoms with Crippen LogP contribution in [0.4, 0.5) is 0 Å². The van der Waals surface area contributed by atoms with Crippen molar-refractivity contribution < 1.29 is 14.6 Å². The summed E-state index contributed by atoms with van der Waals surface area (Å²) in [4.78, 5) is 0. The molecule has 1 aliphatic heterocycles. The van der Waals surface area contributed by atoms with Gasteiger partial charge in [-0.15, -0.1) is 0 Å². The van der Waals surface area contributed by atoms with E-state index in [2.05, 4.69) is 0 Å². The number of aliphatic hydroxyl groups is 1. The molecule has 1 aromatic rings. The predicted molar refractivity (Wildman–Crippen MR) is 73.4 cm³/mol. The Balaban J connectivity index is 1.89. The summed E-state index contributed by atoms with van der Waals surface area (Å²) in [6.07, 6.45) is 4.62. The van der Waals surface area contributed by atoms with Crippen LogP contribution in [0.1, 0.15) is 49.3 Å². The number of aliphatic hydroxyl groups excluding tert-OH is 1. The van der Waals surface area contributed by atoms with E-state index in [0.29, 0.717) is 6.42 Å². The van der Waals surface area contributed by atoms with E-state index in [1.165, 1.54) is 0 Å². The number of fused-ring (bicyclic) bond motifs is 1. The zero-order valence-corrected chi connectivity index (χ0v) is 11.7. The predicted octanol–water partition coefficient (Wildman–Crippen LogP) is 3.14. The van der Waals surface area contributed by atoms with Gasteiger partial charge in [-0.2, -0.15) is 0 Å². The average Bonchev–Trinajstić information content (AvgIpc) is 2.40. The van der Waals surface area contributed by atoms with Crippen LogP contribution in [-0.4, -0.2) is 23.9 Å². The molecule has 1 aromatic carbocycles. The number of benzene rings is 1. The summed E-state index contributed by atoms with van der Waals surface area (Å²) in [7, 11) is 1.76. The monoisotopic (exact) mass is 262 g/mol. The largest absolute Gasteiger partial charge is 0.487 e. The standard InChI is InChI=1S/C16H22O3/c1-11-5-6-15-13(8-11)14(17)10-16(19-15)7-3-4-12(9-16)18-2/h5-6,8,12,14,17H,3-4,7,9-10H2,1-2H3. The first kappa shape index (κ1) is 12.9. The van der Waals surface area contributed by atoms with Gasteiger partial charge in [-0.1, -0.05) is 11.6 Å². The van der Waals surface area contributed by atoms with Crippen LogP contribution < -0.4 is 4.74 Å². The summed E-state index contributed by atoms with van der Waals surface area (Å²) in [5, 5.41) is 10.4. The second kappa shape index (κ2) is 4.80. The van der Waals surface area contributed by atoms with Crippen molar-refractivity contribution >= 4 is 0 Å². The molecule has 3 atom stereocenters. The molecular formula is C16H22O3. The van der Waals surface area contributed by atoms with Crippen LogP contribution in [0.3, 0.4) is 0 Å². The van der Waals surface area contributed by atoms with Gasteiger partial charge in [0.25, 0.3) is 0 Å². The molecule has 3 nitrogen and oxygen atoms in total. The summed E-state index contributed by atoms with van der Waals surface area (Å²) in [6, 6.07) is 6.07. The van der Waals surface area contributed by atoms with Gasteiger partial charge in [0.05, 0.1) is 12.2 Å². The first-order valence-corrected chi connectivity index (χ1v) is 7.12. The number of rotatable bonds is 1. The second-order valence-electron chi connectivity index (χ2n) is 6.00. The summed E-state index contributed by atoms with van der Waals surface area (Å²) in [5.74, 6) is 0.848. The van der Waals surface area contributed by atoms with E-state index in [4.69, 9.17) is 9.47 Å². The fourth-order valence-corrected chi connectivity index (χ4v) is 3.51. The molecule has 1 fully saturated rings. The Morgan fingerprint density at radius 1 is 1.37 bits per heavy atom. The van der Waals surface area contributed by atoms with Crippen molar-refractivity contribution in [1.82, 2.24) is 0 Å². The van der Waals surface area contributed by atoms with Crippen molar-refractivity contribution in [3.8, 4) is 5.75 Å². The van der Waals surface area contributed by atoms with Crippen molar-refractivity contribution in [3.63, 3.8) is 0 Å². The van der Waals surface area contributed by atoms with Gasteiger partial charge in [0.2, 0.25) is 0 Å². The van der Waals surface area contributed by atoms with Crippen LogP contribution in [-0.2, 0) is 4.74 Å². The molecular weight excluding hydrogens is 240 g/mol. The van der Waals surface area contributed by atoms with Crippen molar-refractivity contribution in [2.24, 2.45) is 0 Å². The average molecular weight is 262 g/mol. The van der Waals surface area contributed by atoms with E-state index >= 15 is 0 Å². The quantitative estimate of drug-likeness (QED) is 0.845. The second-order valence-corrected chi connectivity index (χ2v) is 6.00. The first-order valence-electron chi connectivity index (χ1n) is 7.12. The van der Waals surface area contributed by atoms with Gasteiger partial charge in [-0.3, -0.25) is 0 Å². The lowest BCUT2D eigenvalue weighted by Crippen LogP contribution is -2.46. The fourth-order valence-electron chi connectivity index (χ4n) is 3.51. The molecule has 1 aliphatic carbocycles. The lowest BCUT2D eigenvalue weighted by atomic mass is 9.76. The van der Waals surface area contributed by atoms with Crippen LogP contribution >= 0.6 is 0 Å². The molecule has 19 heavy (non-hydrogen) atoms. The van der Waals surface area contributed by atoms with Gasteiger partial charge in [0.1, 0.15) is 11.4 Å². The summed E-state index contributed by atoms with van der Waals surface area (Å²) in [5.41, 5.74) is 1.86. The molecule has 1 spiro atoms. The Labute approximate surface area is 114 Å². The van der Waals surface area contributed by atoms with Gasteiger partial charge < -0.3 is 14.6 Å². The number of hydrogen-bond acceptors (Lipinski definition) is 3. The van der Waals surface area contributed by atoms with E-state index in [1.807, 2.05) is 25.1 Å². The number of methoxy groups -OCH3 is 1. The van der Waals surface area contributed by atoms with E-state index < -0.39 is 6.10 Å². The Bertz CT molecular complexity index is 471. The van der Waals surface area contributed by atoms with E-state index in [0.717, 1.165) is 42.6 Å². The van der Waals surface area contributed by atoms with Gasteiger partial charge >= 0.3 is 0 Å². The molecule has 3 rings (SSSR count). The molecule has 0 bridgehead atoms. The lowest BCUT2D eigenvalue weighted by molar-refractivity contribution is -0.0796. The molecule has 1 saturated carbocycles. The SMILES string of the molecule is COC1CCCC2(C1)CC(O)c1cc(C)ccc1O2. The molecule has 2 aliphatic rings. The van der Waals surface area contributed by atoms with Crippen LogP contribution in [0.5, 0.6) is 5.75 Å². The number of ether oxygens (including phenoxy) is 2. The van der Waals surface area contributed by atoms with Crippen LogP contribution in [0.25, 0.3) is 0 Å². The van der Waals surface area contributed by atoms with E-state index in [9.17, 15) is 5.11 Å². The number of hydrogen-bond donors (Lipinski definition) is 1. The third-order valence-electron chi connectivity index (χ3n) is 4.51. The van der Waals surface area contributed by atoms with E-state index in [-0.39, 0.29) is 11.7 Å². The minimum Gasteiger partial charge on any atom is -0.487 e. The maximum atomic E-state index is 10.4. The molecule has 3 unspecified atom stereocenters. The Kier molecular flexibility index (Phi) is 3.27. The Hall–Kier alpha value is -1.06. The third kappa shape index (κ3) is 2.37. The van der Waals surface area contributed by atoms with Gasteiger partial charge in [-0.25, -0.2) is 0 Å². The molecule has 0 amide bonds. The summed E-state index contributed by atoms with van der Waals surface area (Å²) in [6.45, 7) is 2.04. The maximum absolute atomic E-state index is 10.4. The highest BCUT2D eigenvalue weighted by molar-refractivity contribution is 5.41. The van der Waals surface area contributed by atoms with Gasteiger partial charge in [0, 0.05) is 25.5 Å².